The number of rotatable bonds is 7. The Labute approximate surface area is 155 Å². The third-order valence-corrected chi connectivity index (χ3v) is 4.03. The van der Waals surface area contributed by atoms with Crippen molar-refractivity contribution in [1.82, 2.24) is 5.43 Å². The van der Waals surface area contributed by atoms with Crippen LogP contribution >= 0.6 is 0 Å². The first-order valence-electron chi connectivity index (χ1n) is 8.65. The number of carbonyl (C=O) groups is 1. The number of nitrogens with one attached hydrogen (secondary N) is 1. The van der Waals surface area contributed by atoms with Crippen LogP contribution in [0.15, 0.2) is 47.6 Å². The van der Waals surface area contributed by atoms with Gasteiger partial charge < -0.3 is 9.47 Å². The van der Waals surface area contributed by atoms with E-state index in [9.17, 15) is 4.79 Å². The van der Waals surface area contributed by atoms with E-state index in [2.05, 4.69) is 30.4 Å². The zero-order chi connectivity index (χ0) is 19.1. The number of aryl methyl sites for hydroxylation is 1. The van der Waals surface area contributed by atoms with Crippen molar-refractivity contribution in [3.8, 4) is 11.5 Å². The van der Waals surface area contributed by atoms with Gasteiger partial charge in [-0.3, -0.25) is 4.79 Å². The van der Waals surface area contributed by atoms with Gasteiger partial charge in [-0.1, -0.05) is 38.1 Å². The van der Waals surface area contributed by atoms with Crippen molar-refractivity contribution in [2.24, 2.45) is 5.10 Å². The summed E-state index contributed by atoms with van der Waals surface area (Å²) in [4.78, 5) is 12.2. The second-order valence-electron chi connectivity index (χ2n) is 6.45. The average molecular weight is 354 g/mol. The second-order valence-corrected chi connectivity index (χ2v) is 6.45. The lowest BCUT2D eigenvalue weighted by Crippen LogP contribution is -2.33. The van der Waals surface area contributed by atoms with Crippen molar-refractivity contribution < 1.29 is 14.3 Å². The summed E-state index contributed by atoms with van der Waals surface area (Å²) in [6, 6.07) is 13.5. The van der Waals surface area contributed by atoms with Crippen LogP contribution < -0.4 is 14.9 Å². The molecule has 1 atom stereocenters. The van der Waals surface area contributed by atoms with Crippen LogP contribution in [0.2, 0.25) is 0 Å². The molecule has 0 bridgehead atoms. The minimum Gasteiger partial charge on any atom is -0.497 e. The minimum atomic E-state index is -0.654. The summed E-state index contributed by atoms with van der Waals surface area (Å²) >= 11 is 0. The molecule has 1 N–H and O–H groups in total. The first-order valence-corrected chi connectivity index (χ1v) is 8.65. The largest absolute Gasteiger partial charge is 0.497 e. The summed E-state index contributed by atoms with van der Waals surface area (Å²) in [6.45, 7) is 7.92. The molecular formula is C21H26N2O3. The molecule has 0 unspecified atom stereocenters. The standard InChI is InChI=1S/C21H26N2O3/c1-14(2)18-10-9-15(3)20(12-18)26-16(4)21(24)23-22-13-17-7-6-8-19(11-17)25-5/h6-14,16H,1-5H3,(H,23,24)/b22-13+/t16-/m1/s1. The highest BCUT2D eigenvalue weighted by molar-refractivity contribution is 5.84. The van der Waals surface area contributed by atoms with E-state index in [1.165, 1.54) is 5.56 Å². The number of carbonyl (C=O) groups excluding carboxylic acids is 1. The van der Waals surface area contributed by atoms with E-state index >= 15 is 0 Å². The van der Waals surface area contributed by atoms with Gasteiger partial charge in [-0.05, 0) is 54.7 Å². The molecule has 2 aromatic carbocycles. The van der Waals surface area contributed by atoms with E-state index in [1.807, 2.05) is 43.3 Å². The maximum atomic E-state index is 12.2. The molecule has 2 aromatic rings. The Kier molecular flexibility index (Phi) is 6.78. The third kappa shape index (κ3) is 5.34. The van der Waals surface area contributed by atoms with Gasteiger partial charge >= 0.3 is 0 Å². The number of hydrazone groups is 1. The number of hydrogen-bond donors (Lipinski definition) is 1. The number of ether oxygens (including phenoxy) is 2. The maximum absolute atomic E-state index is 12.2. The molecule has 26 heavy (non-hydrogen) atoms. The maximum Gasteiger partial charge on any atom is 0.280 e. The lowest BCUT2D eigenvalue weighted by Gasteiger charge is -2.16. The summed E-state index contributed by atoms with van der Waals surface area (Å²) in [5.74, 6) is 1.54. The molecule has 0 aliphatic carbocycles. The van der Waals surface area contributed by atoms with Crippen LogP contribution in [0.3, 0.4) is 0 Å². The quantitative estimate of drug-likeness (QED) is 0.603. The molecule has 0 spiro atoms. The fourth-order valence-corrected chi connectivity index (χ4v) is 2.33. The van der Waals surface area contributed by atoms with Gasteiger partial charge in [0.2, 0.25) is 0 Å². The van der Waals surface area contributed by atoms with E-state index < -0.39 is 6.10 Å². The predicted octanol–water partition coefficient (Wildman–Crippen LogP) is 4.04. The Hall–Kier alpha value is -2.82. The molecule has 0 saturated heterocycles. The van der Waals surface area contributed by atoms with Gasteiger partial charge in [0.15, 0.2) is 6.10 Å². The summed E-state index contributed by atoms with van der Waals surface area (Å²) in [5, 5.41) is 3.99. The van der Waals surface area contributed by atoms with Crippen molar-refractivity contribution in [1.29, 1.82) is 0 Å². The van der Waals surface area contributed by atoms with E-state index in [0.29, 0.717) is 5.92 Å². The van der Waals surface area contributed by atoms with E-state index in [4.69, 9.17) is 9.47 Å². The highest BCUT2D eigenvalue weighted by atomic mass is 16.5. The predicted molar refractivity (Wildman–Crippen MR) is 104 cm³/mol. The Morgan fingerprint density at radius 2 is 1.92 bits per heavy atom. The summed E-state index contributed by atoms with van der Waals surface area (Å²) in [5.41, 5.74) is 5.51. The zero-order valence-electron chi connectivity index (χ0n) is 15.9. The highest BCUT2D eigenvalue weighted by Gasteiger charge is 2.15. The molecular weight excluding hydrogens is 328 g/mol. The Morgan fingerprint density at radius 1 is 1.15 bits per heavy atom. The molecule has 0 aromatic heterocycles. The molecule has 2 rings (SSSR count). The van der Waals surface area contributed by atoms with Gasteiger partial charge in [0.1, 0.15) is 11.5 Å². The Morgan fingerprint density at radius 3 is 2.62 bits per heavy atom. The highest BCUT2D eigenvalue weighted by Crippen LogP contribution is 2.25. The van der Waals surface area contributed by atoms with Crippen molar-refractivity contribution in [2.45, 2.75) is 39.7 Å². The van der Waals surface area contributed by atoms with Crippen LogP contribution in [0.1, 0.15) is 43.4 Å². The van der Waals surface area contributed by atoms with Crippen molar-refractivity contribution in [3.63, 3.8) is 0 Å². The number of benzene rings is 2. The molecule has 0 heterocycles. The lowest BCUT2D eigenvalue weighted by molar-refractivity contribution is -0.127. The molecule has 138 valence electrons. The number of methoxy groups -OCH3 is 1. The lowest BCUT2D eigenvalue weighted by atomic mass is 10.0. The molecule has 0 saturated carbocycles. The normalized spacial score (nSPS) is 12.2. The smallest absolute Gasteiger partial charge is 0.280 e. The molecule has 0 aliphatic heterocycles. The molecule has 0 aliphatic rings. The topological polar surface area (TPSA) is 59.9 Å². The van der Waals surface area contributed by atoms with Crippen LogP contribution in [-0.2, 0) is 4.79 Å². The van der Waals surface area contributed by atoms with Crippen LogP contribution in [0.25, 0.3) is 0 Å². The van der Waals surface area contributed by atoms with Crippen LogP contribution in [-0.4, -0.2) is 25.3 Å². The number of amides is 1. The Bertz CT molecular complexity index is 785. The van der Waals surface area contributed by atoms with Gasteiger partial charge in [0.25, 0.3) is 5.91 Å². The average Bonchev–Trinajstić information content (AvgIpc) is 2.63. The SMILES string of the molecule is COc1cccc(/C=N/NC(=O)[C@@H](C)Oc2cc(C(C)C)ccc2C)c1. The van der Waals surface area contributed by atoms with E-state index in [1.54, 1.807) is 20.2 Å². The molecule has 1 amide bonds. The third-order valence-electron chi connectivity index (χ3n) is 4.03. The van der Waals surface area contributed by atoms with E-state index in [0.717, 1.165) is 22.6 Å². The zero-order valence-corrected chi connectivity index (χ0v) is 15.9. The fraction of sp³-hybridized carbons (Fsp3) is 0.333. The monoisotopic (exact) mass is 354 g/mol. The molecule has 0 radical (unpaired) electrons. The second kappa shape index (κ2) is 9.04. The fourth-order valence-electron chi connectivity index (χ4n) is 2.33. The van der Waals surface area contributed by atoms with Crippen molar-refractivity contribution in [3.05, 3.63) is 59.2 Å². The number of nitrogens with zero attached hydrogens (tertiary/aromatic N) is 1. The number of hydrogen-bond acceptors (Lipinski definition) is 4. The van der Waals surface area contributed by atoms with Gasteiger partial charge in [-0.2, -0.15) is 5.10 Å². The van der Waals surface area contributed by atoms with E-state index in [-0.39, 0.29) is 5.91 Å². The molecule has 5 heteroatoms. The van der Waals surface area contributed by atoms with Crippen molar-refractivity contribution in [2.75, 3.05) is 7.11 Å². The molecule has 5 nitrogen and oxygen atoms in total. The molecule has 0 fully saturated rings. The Balaban J connectivity index is 1.97. The summed E-state index contributed by atoms with van der Waals surface area (Å²) in [7, 11) is 1.60. The van der Waals surface area contributed by atoms with Gasteiger partial charge in [0, 0.05) is 0 Å². The van der Waals surface area contributed by atoms with Crippen LogP contribution in [0.5, 0.6) is 11.5 Å². The summed E-state index contributed by atoms with van der Waals surface area (Å²) in [6.07, 6.45) is 0.913. The first-order chi connectivity index (χ1) is 12.4. The van der Waals surface area contributed by atoms with Crippen LogP contribution in [0, 0.1) is 6.92 Å². The van der Waals surface area contributed by atoms with Gasteiger partial charge in [-0.25, -0.2) is 5.43 Å². The summed E-state index contributed by atoms with van der Waals surface area (Å²) < 4.78 is 11.0. The minimum absolute atomic E-state index is 0.307. The van der Waals surface area contributed by atoms with Gasteiger partial charge in [0.05, 0.1) is 13.3 Å². The first kappa shape index (κ1) is 19.5. The van der Waals surface area contributed by atoms with Crippen LogP contribution in [0.4, 0.5) is 0 Å². The van der Waals surface area contributed by atoms with Crippen molar-refractivity contribution >= 4 is 12.1 Å². The van der Waals surface area contributed by atoms with Gasteiger partial charge in [-0.15, -0.1) is 0 Å².